The van der Waals surface area contributed by atoms with Crippen molar-refractivity contribution >= 4 is 5.71 Å². The second-order valence-electron chi connectivity index (χ2n) is 2.74. The number of aliphatic hydroxyl groups excluding tert-OH is 2. The smallest absolute Gasteiger partial charge is 0.199 e. The van der Waals surface area contributed by atoms with Gasteiger partial charge >= 0.3 is 0 Å². The van der Waals surface area contributed by atoms with E-state index in [-0.39, 0.29) is 11.4 Å². The van der Waals surface area contributed by atoms with Gasteiger partial charge in [0.2, 0.25) is 0 Å². The zero-order valence-corrected chi connectivity index (χ0v) is 6.81. The highest BCUT2D eigenvalue weighted by Gasteiger charge is 2.38. The van der Waals surface area contributed by atoms with Crippen molar-refractivity contribution < 1.29 is 15.3 Å². The molecule has 0 bridgehead atoms. The number of aliphatic hydroxyl groups is 3. The molecule has 7 nitrogen and oxygen atoms in total. The maximum absolute atomic E-state index is 9.48. The van der Waals surface area contributed by atoms with Crippen LogP contribution in [0.3, 0.4) is 0 Å². The molecule has 0 spiro atoms. The summed E-state index contributed by atoms with van der Waals surface area (Å²) in [5.41, 5.74) is 13.2. The van der Waals surface area contributed by atoms with Crippen molar-refractivity contribution in [3.63, 3.8) is 0 Å². The van der Waals surface area contributed by atoms with E-state index in [4.69, 9.17) is 22.3 Å². The fourth-order valence-corrected chi connectivity index (χ4v) is 0.999. The molecule has 7 heteroatoms. The van der Waals surface area contributed by atoms with E-state index in [1.54, 1.807) is 0 Å². The lowest BCUT2D eigenvalue weighted by atomic mass is 10.0. The topological polar surface area (TPSA) is 151 Å². The summed E-state index contributed by atoms with van der Waals surface area (Å²) in [6, 6.07) is 0. The molecule has 0 aromatic heterocycles. The van der Waals surface area contributed by atoms with Crippen LogP contribution in [0.2, 0.25) is 0 Å². The van der Waals surface area contributed by atoms with Crippen molar-refractivity contribution in [2.24, 2.45) is 22.2 Å². The summed E-state index contributed by atoms with van der Waals surface area (Å²) in [4.78, 5) is 3.57. The van der Waals surface area contributed by atoms with Gasteiger partial charge in [0.25, 0.3) is 0 Å². The molecular weight excluding hydrogens is 176 g/mol. The van der Waals surface area contributed by atoms with Gasteiger partial charge in [0, 0.05) is 0 Å². The van der Waals surface area contributed by atoms with Crippen LogP contribution in [0.15, 0.2) is 16.4 Å². The van der Waals surface area contributed by atoms with Gasteiger partial charge in [0.1, 0.15) is 5.70 Å². The fraction of sp³-hybridized carbons (Fsp3) is 0.500. The van der Waals surface area contributed by atoms with Crippen molar-refractivity contribution in [3.05, 3.63) is 11.5 Å². The Balaban J connectivity index is 3.15. The number of hydrogen-bond donors (Lipinski definition) is 6. The Labute approximate surface area is 74.2 Å². The van der Waals surface area contributed by atoms with Crippen molar-refractivity contribution in [3.8, 4) is 0 Å². The van der Waals surface area contributed by atoms with Crippen LogP contribution in [0.1, 0.15) is 0 Å². The number of hydrogen-bond acceptors (Lipinski definition) is 7. The molecule has 0 fully saturated rings. The number of dihydropyridines is 1. The Kier molecular flexibility index (Phi) is 2.26. The van der Waals surface area contributed by atoms with Crippen molar-refractivity contribution in [1.82, 2.24) is 0 Å². The quantitative estimate of drug-likeness (QED) is 0.243. The minimum atomic E-state index is -2.12. The second-order valence-corrected chi connectivity index (χ2v) is 2.74. The number of aliphatic imine (C=N–C) groups is 1. The third-order valence-electron chi connectivity index (χ3n) is 1.85. The summed E-state index contributed by atoms with van der Waals surface area (Å²) in [5.74, 6) is -0.484. The molecule has 1 rings (SSSR count). The van der Waals surface area contributed by atoms with Gasteiger partial charge < -0.3 is 26.8 Å². The molecule has 1 aliphatic heterocycles. The van der Waals surface area contributed by atoms with Crippen LogP contribution in [0.25, 0.3) is 0 Å². The van der Waals surface area contributed by atoms with Crippen molar-refractivity contribution in [2.75, 3.05) is 6.61 Å². The monoisotopic (exact) mass is 188 g/mol. The minimum absolute atomic E-state index is 0.171. The normalized spacial score (nSPS) is 34.8. The molecular formula is C6H12N4O3. The van der Waals surface area contributed by atoms with E-state index in [2.05, 4.69) is 4.99 Å². The van der Waals surface area contributed by atoms with E-state index in [0.29, 0.717) is 0 Å². The third-order valence-corrected chi connectivity index (χ3v) is 1.85. The summed E-state index contributed by atoms with van der Waals surface area (Å²) in [5, 5.41) is 27.4. The molecule has 0 aromatic rings. The fourth-order valence-electron chi connectivity index (χ4n) is 0.999. The predicted molar refractivity (Wildman–Crippen MR) is 45.5 cm³/mol. The van der Waals surface area contributed by atoms with Crippen LogP contribution in [-0.4, -0.2) is 39.5 Å². The first-order valence-electron chi connectivity index (χ1n) is 3.55. The summed E-state index contributed by atoms with van der Waals surface area (Å²) >= 11 is 0. The van der Waals surface area contributed by atoms with Gasteiger partial charge in [-0.1, -0.05) is 0 Å². The molecule has 1 aliphatic rings. The molecule has 2 unspecified atom stereocenters. The Morgan fingerprint density at radius 2 is 2.08 bits per heavy atom. The Morgan fingerprint density at radius 1 is 1.54 bits per heavy atom. The lowest BCUT2D eigenvalue weighted by molar-refractivity contribution is 0.133. The van der Waals surface area contributed by atoms with Crippen LogP contribution >= 0.6 is 0 Å². The molecule has 0 amide bonds. The van der Waals surface area contributed by atoms with E-state index in [0.717, 1.165) is 0 Å². The van der Waals surface area contributed by atoms with Gasteiger partial charge in [0.15, 0.2) is 17.6 Å². The van der Waals surface area contributed by atoms with Crippen LogP contribution in [0.5, 0.6) is 0 Å². The zero-order valence-electron chi connectivity index (χ0n) is 6.81. The van der Waals surface area contributed by atoms with Gasteiger partial charge in [-0.2, -0.15) is 0 Å². The summed E-state index contributed by atoms with van der Waals surface area (Å²) < 4.78 is 0. The lowest BCUT2D eigenvalue weighted by Gasteiger charge is -2.30. The second kappa shape index (κ2) is 2.96. The van der Waals surface area contributed by atoms with E-state index in [9.17, 15) is 10.2 Å². The minimum Gasteiger partial charge on any atom is -0.507 e. The molecule has 0 aliphatic carbocycles. The number of nitrogens with zero attached hydrogens (tertiary/aromatic N) is 1. The molecule has 0 saturated carbocycles. The molecule has 0 aromatic carbocycles. The van der Waals surface area contributed by atoms with Crippen molar-refractivity contribution in [2.45, 2.75) is 11.9 Å². The highest BCUT2D eigenvalue weighted by Crippen LogP contribution is 2.19. The van der Waals surface area contributed by atoms with Gasteiger partial charge in [-0.15, -0.1) is 0 Å². The zero-order chi connectivity index (χ0) is 10.2. The van der Waals surface area contributed by atoms with Crippen LogP contribution in [0.4, 0.5) is 0 Å². The number of rotatable bonds is 1. The first kappa shape index (κ1) is 9.93. The molecule has 2 atom stereocenters. The largest absolute Gasteiger partial charge is 0.507 e. The van der Waals surface area contributed by atoms with Gasteiger partial charge in [-0.25, -0.2) is 0 Å². The van der Waals surface area contributed by atoms with Crippen LogP contribution in [0, 0.1) is 0 Å². The molecule has 74 valence electrons. The van der Waals surface area contributed by atoms with Gasteiger partial charge in [0.05, 0.1) is 12.3 Å². The molecule has 13 heavy (non-hydrogen) atoms. The molecule has 0 saturated heterocycles. The third kappa shape index (κ3) is 1.38. The number of nitrogens with two attached hydrogens (primary N) is 3. The van der Waals surface area contributed by atoms with Crippen LogP contribution < -0.4 is 17.2 Å². The highest BCUT2D eigenvalue weighted by molar-refractivity contribution is 5.96. The maximum atomic E-state index is 9.48. The van der Waals surface area contributed by atoms with E-state index in [1.165, 1.54) is 0 Å². The first-order valence-corrected chi connectivity index (χ1v) is 3.55. The lowest BCUT2D eigenvalue weighted by Crippen LogP contribution is -2.57. The Morgan fingerprint density at radius 3 is 2.54 bits per heavy atom. The summed E-state index contributed by atoms with van der Waals surface area (Å²) in [6.45, 7) is -0.575. The average molecular weight is 188 g/mol. The van der Waals surface area contributed by atoms with Crippen LogP contribution in [-0.2, 0) is 0 Å². The van der Waals surface area contributed by atoms with E-state index < -0.39 is 24.3 Å². The highest BCUT2D eigenvalue weighted by atomic mass is 16.3. The Hall–Kier alpha value is -1.15. The molecule has 9 N–H and O–H groups in total. The Bertz CT molecular complexity index is 284. The van der Waals surface area contributed by atoms with Gasteiger partial charge in [-0.05, 0) is 0 Å². The molecule has 0 radical (unpaired) electrons. The predicted octanol–water partition coefficient (Wildman–Crippen LogP) is -2.91. The SMILES string of the molecule is NC1=C(O)C(N)N=C(CO)C1(N)O. The standard InChI is InChI=1S/C6H12N4O3/c7-4-3(12)5(8)10-2(1-11)6(4,9)13/h5,11-13H,1,7-9H2. The average Bonchev–Trinajstić information content (AvgIpc) is 2.08. The first-order chi connectivity index (χ1) is 5.91. The van der Waals surface area contributed by atoms with E-state index >= 15 is 0 Å². The van der Waals surface area contributed by atoms with E-state index in [1.807, 2.05) is 0 Å². The van der Waals surface area contributed by atoms with Gasteiger partial charge in [-0.3, -0.25) is 10.7 Å². The molecule has 1 heterocycles. The summed E-state index contributed by atoms with van der Waals surface area (Å²) in [6.07, 6.45) is -1.08. The summed E-state index contributed by atoms with van der Waals surface area (Å²) in [7, 11) is 0. The maximum Gasteiger partial charge on any atom is 0.199 e. The van der Waals surface area contributed by atoms with Crippen molar-refractivity contribution in [1.29, 1.82) is 0 Å².